The zero-order chi connectivity index (χ0) is 13.1. The van der Waals surface area contributed by atoms with Crippen LogP contribution in [0.4, 0.5) is 0 Å². The molecule has 0 atom stereocenters. The van der Waals surface area contributed by atoms with Gasteiger partial charge < -0.3 is 0 Å². The Bertz CT molecular complexity index is 573. The first-order valence-electron chi connectivity index (χ1n) is 5.29. The Kier molecular flexibility index (Phi) is 4.28. The highest BCUT2D eigenvalue weighted by molar-refractivity contribution is 6.35. The number of hydrogen-bond acceptors (Lipinski definition) is 1. The van der Waals surface area contributed by atoms with Crippen LogP contribution < -0.4 is 0 Å². The van der Waals surface area contributed by atoms with Gasteiger partial charge in [0.15, 0.2) is 5.78 Å². The van der Waals surface area contributed by atoms with E-state index < -0.39 is 0 Å². The molecule has 0 radical (unpaired) electrons. The normalized spacial score (nSPS) is 10.4. The Morgan fingerprint density at radius 2 is 1.56 bits per heavy atom. The van der Waals surface area contributed by atoms with Crippen molar-refractivity contribution in [2.75, 3.05) is 0 Å². The van der Waals surface area contributed by atoms with Crippen LogP contribution in [0.5, 0.6) is 0 Å². The summed E-state index contributed by atoms with van der Waals surface area (Å²) in [7, 11) is 0. The zero-order valence-corrected chi connectivity index (χ0v) is 11.6. The molecular weight excluding hydrogens is 291 g/mol. The van der Waals surface area contributed by atoms with E-state index in [9.17, 15) is 4.79 Å². The molecule has 0 aliphatic heterocycles. The Morgan fingerprint density at radius 1 is 0.944 bits per heavy atom. The van der Waals surface area contributed by atoms with Crippen LogP contribution in [0, 0.1) is 0 Å². The minimum Gasteiger partial charge on any atom is -0.294 e. The van der Waals surface area contributed by atoms with Crippen molar-refractivity contribution in [1.82, 2.24) is 0 Å². The predicted molar refractivity (Wildman–Crippen MR) is 75.9 cm³/mol. The molecule has 0 unspecified atom stereocenters. The summed E-state index contributed by atoms with van der Waals surface area (Å²) in [5.74, 6) is -0.0625. The molecule has 92 valence electrons. The molecule has 0 saturated heterocycles. The summed E-state index contributed by atoms with van der Waals surface area (Å²) in [5.41, 5.74) is 1.28. The van der Waals surface area contributed by atoms with Crippen molar-refractivity contribution in [2.24, 2.45) is 0 Å². The molecule has 1 nitrogen and oxygen atoms in total. The summed E-state index contributed by atoms with van der Waals surface area (Å²) >= 11 is 17.7. The topological polar surface area (TPSA) is 17.1 Å². The summed E-state index contributed by atoms with van der Waals surface area (Å²) in [6, 6.07) is 12.1. The molecule has 4 heteroatoms. The van der Waals surface area contributed by atoms with Crippen molar-refractivity contribution in [3.05, 3.63) is 68.7 Å². The lowest BCUT2D eigenvalue weighted by Crippen LogP contribution is -2.04. The summed E-state index contributed by atoms with van der Waals surface area (Å²) in [6.07, 6.45) is 0.232. The van der Waals surface area contributed by atoms with E-state index in [1.54, 1.807) is 24.3 Å². The van der Waals surface area contributed by atoms with E-state index in [1.807, 2.05) is 18.2 Å². The number of halogens is 3. The number of Topliss-reactive ketones (excluding diaryl/α,β-unsaturated/α-hetero) is 1. The smallest absolute Gasteiger partial charge is 0.167 e. The Morgan fingerprint density at radius 3 is 2.17 bits per heavy atom. The SMILES string of the molecule is O=C(Cc1ccccc1Cl)c1cc(Cl)cc(Cl)c1. The van der Waals surface area contributed by atoms with Crippen molar-refractivity contribution < 1.29 is 4.79 Å². The van der Waals surface area contributed by atoms with E-state index in [1.165, 1.54) is 0 Å². The summed E-state index contributed by atoms with van der Waals surface area (Å²) < 4.78 is 0. The van der Waals surface area contributed by atoms with Crippen LogP contribution in [-0.4, -0.2) is 5.78 Å². The number of carbonyl (C=O) groups is 1. The molecule has 0 heterocycles. The molecule has 2 aromatic carbocycles. The second-order valence-corrected chi connectivity index (χ2v) is 5.13. The van der Waals surface area contributed by atoms with Crippen LogP contribution in [0.25, 0.3) is 0 Å². The van der Waals surface area contributed by atoms with Gasteiger partial charge in [-0.2, -0.15) is 0 Å². The first-order valence-corrected chi connectivity index (χ1v) is 6.42. The second-order valence-electron chi connectivity index (χ2n) is 3.85. The summed E-state index contributed by atoms with van der Waals surface area (Å²) in [5, 5.41) is 1.48. The van der Waals surface area contributed by atoms with E-state index in [0.29, 0.717) is 20.6 Å². The van der Waals surface area contributed by atoms with E-state index >= 15 is 0 Å². The van der Waals surface area contributed by atoms with Crippen LogP contribution in [0.2, 0.25) is 15.1 Å². The van der Waals surface area contributed by atoms with E-state index in [0.717, 1.165) is 5.56 Å². The first kappa shape index (κ1) is 13.4. The number of rotatable bonds is 3. The average Bonchev–Trinajstić information content (AvgIpc) is 2.31. The number of benzene rings is 2. The van der Waals surface area contributed by atoms with E-state index in [-0.39, 0.29) is 12.2 Å². The van der Waals surface area contributed by atoms with Crippen molar-refractivity contribution in [1.29, 1.82) is 0 Å². The van der Waals surface area contributed by atoms with Gasteiger partial charge in [-0.3, -0.25) is 4.79 Å². The Hall–Kier alpha value is -1.02. The summed E-state index contributed by atoms with van der Waals surface area (Å²) in [4.78, 5) is 12.1. The molecule has 2 rings (SSSR count). The second kappa shape index (κ2) is 5.75. The van der Waals surface area contributed by atoms with Gasteiger partial charge in [0.05, 0.1) is 0 Å². The van der Waals surface area contributed by atoms with Gasteiger partial charge in [-0.05, 0) is 29.8 Å². The van der Waals surface area contributed by atoms with Crippen LogP contribution in [0.3, 0.4) is 0 Å². The lowest BCUT2D eigenvalue weighted by Gasteiger charge is -2.04. The third-order valence-electron chi connectivity index (χ3n) is 2.49. The molecular formula is C14H9Cl3O. The summed E-state index contributed by atoms with van der Waals surface area (Å²) in [6.45, 7) is 0. The van der Waals surface area contributed by atoms with Gasteiger partial charge in [0.25, 0.3) is 0 Å². The molecule has 0 aromatic heterocycles. The first-order chi connectivity index (χ1) is 8.56. The van der Waals surface area contributed by atoms with Gasteiger partial charge in [-0.1, -0.05) is 53.0 Å². The fraction of sp³-hybridized carbons (Fsp3) is 0.0714. The van der Waals surface area contributed by atoms with Gasteiger partial charge in [-0.15, -0.1) is 0 Å². The molecule has 2 aromatic rings. The maximum absolute atomic E-state index is 12.1. The fourth-order valence-corrected chi connectivity index (χ4v) is 2.36. The molecule has 0 fully saturated rings. The predicted octanol–water partition coefficient (Wildman–Crippen LogP) is 5.07. The Labute approximate surface area is 120 Å². The monoisotopic (exact) mass is 298 g/mol. The molecule has 0 aliphatic carbocycles. The van der Waals surface area contributed by atoms with Gasteiger partial charge in [0.2, 0.25) is 0 Å². The van der Waals surface area contributed by atoms with Crippen LogP contribution >= 0.6 is 34.8 Å². The van der Waals surface area contributed by atoms with E-state index in [4.69, 9.17) is 34.8 Å². The number of hydrogen-bond donors (Lipinski definition) is 0. The average molecular weight is 300 g/mol. The minimum atomic E-state index is -0.0625. The molecule has 0 amide bonds. The molecule has 0 aliphatic rings. The maximum atomic E-state index is 12.1. The standard InChI is InChI=1S/C14H9Cl3O/c15-11-5-10(6-12(16)8-11)14(18)7-9-3-1-2-4-13(9)17/h1-6,8H,7H2. The lowest BCUT2D eigenvalue weighted by atomic mass is 10.0. The zero-order valence-electron chi connectivity index (χ0n) is 9.29. The molecule has 0 spiro atoms. The number of carbonyl (C=O) groups excluding carboxylic acids is 1. The number of ketones is 1. The van der Waals surface area contributed by atoms with Gasteiger partial charge >= 0.3 is 0 Å². The van der Waals surface area contributed by atoms with Gasteiger partial charge in [0, 0.05) is 27.1 Å². The van der Waals surface area contributed by atoms with Gasteiger partial charge in [0.1, 0.15) is 0 Å². The molecule has 0 bridgehead atoms. The van der Waals surface area contributed by atoms with Crippen LogP contribution in [-0.2, 0) is 6.42 Å². The third-order valence-corrected chi connectivity index (χ3v) is 3.30. The Balaban J connectivity index is 2.25. The fourth-order valence-electron chi connectivity index (χ4n) is 1.63. The molecule has 0 saturated carbocycles. The maximum Gasteiger partial charge on any atom is 0.167 e. The van der Waals surface area contributed by atoms with E-state index in [2.05, 4.69) is 0 Å². The van der Waals surface area contributed by atoms with Crippen LogP contribution in [0.15, 0.2) is 42.5 Å². The molecule has 0 N–H and O–H groups in total. The largest absolute Gasteiger partial charge is 0.294 e. The van der Waals surface area contributed by atoms with Crippen LogP contribution in [0.1, 0.15) is 15.9 Å². The highest BCUT2D eigenvalue weighted by Gasteiger charge is 2.10. The quantitative estimate of drug-likeness (QED) is 0.723. The highest BCUT2D eigenvalue weighted by Crippen LogP contribution is 2.22. The van der Waals surface area contributed by atoms with Crippen molar-refractivity contribution in [3.8, 4) is 0 Å². The minimum absolute atomic E-state index is 0.0625. The molecule has 18 heavy (non-hydrogen) atoms. The van der Waals surface area contributed by atoms with Crippen molar-refractivity contribution in [2.45, 2.75) is 6.42 Å². The third kappa shape index (κ3) is 3.26. The van der Waals surface area contributed by atoms with Crippen molar-refractivity contribution in [3.63, 3.8) is 0 Å². The highest BCUT2D eigenvalue weighted by atomic mass is 35.5. The van der Waals surface area contributed by atoms with Gasteiger partial charge in [-0.25, -0.2) is 0 Å². The lowest BCUT2D eigenvalue weighted by molar-refractivity contribution is 0.0993. The van der Waals surface area contributed by atoms with Crippen molar-refractivity contribution >= 4 is 40.6 Å².